The predicted octanol–water partition coefficient (Wildman–Crippen LogP) is 3.08. The highest BCUT2D eigenvalue weighted by molar-refractivity contribution is 4.74. The molecule has 0 saturated carbocycles. The molecule has 1 unspecified atom stereocenters. The summed E-state index contributed by atoms with van der Waals surface area (Å²) in [6, 6.07) is 0. The molecular formula is C17H38N2O. The van der Waals surface area contributed by atoms with Gasteiger partial charge >= 0.3 is 0 Å². The van der Waals surface area contributed by atoms with Crippen molar-refractivity contribution in [2.75, 3.05) is 40.8 Å². The van der Waals surface area contributed by atoms with Gasteiger partial charge in [0.05, 0.1) is 6.10 Å². The first-order valence-electron chi connectivity index (χ1n) is 7.93. The number of hydrogen-bond acceptors (Lipinski definition) is 3. The van der Waals surface area contributed by atoms with E-state index in [0.717, 1.165) is 26.1 Å². The van der Waals surface area contributed by atoms with E-state index in [-0.39, 0.29) is 11.5 Å². The highest BCUT2D eigenvalue weighted by Crippen LogP contribution is 2.25. The number of nitrogens with zero attached hydrogens (tertiary/aromatic N) is 2. The molecular weight excluding hydrogens is 248 g/mol. The van der Waals surface area contributed by atoms with E-state index < -0.39 is 0 Å². The molecule has 0 aliphatic heterocycles. The third-order valence-electron chi connectivity index (χ3n) is 3.78. The van der Waals surface area contributed by atoms with Gasteiger partial charge < -0.3 is 14.9 Å². The minimum Gasteiger partial charge on any atom is -0.392 e. The molecule has 0 aromatic carbocycles. The fraction of sp³-hybridized carbons (Fsp3) is 1.00. The van der Waals surface area contributed by atoms with E-state index in [1.807, 2.05) is 0 Å². The summed E-state index contributed by atoms with van der Waals surface area (Å²) < 4.78 is 0. The molecule has 3 nitrogen and oxygen atoms in total. The van der Waals surface area contributed by atoms with Crippen LogP contribution in [0.15, 0.2) is 0 Å². The van der Waals surface area contributed by atoms with E-state index in [2.05, 4.69) is 65.6 Å². The van der Waals surface area contributed by atoms with Crippen LogP contribution in [-0.2, 0) is 0 Å². The molecule has 0 heterocycles. The molecule has 0 radical (unpaired) electrons. The van der Waals surface area contributed by atoms with E-state index >= 15 is 0 Å². The molecule has 0 aliphatic rings. The molecule has 122 valence electrons. The van der Waals surface area contributed by atoms with Crippen molar-refractivity contribution in [1.82, 2.24) is 9.80 Å². The van der Waals surface area contributed by atoms with E-state index in [1.54, 1.807) is 0 Å². The lowest BCUT2D eigenvalue weighted by atomic mass is 9.85. The second-order valence-corrected chi connectivity index (χ2v) is 8.65. The Hall–Kier alpha value is -0.120. The lowest BCUT2D eigenvalue weighted by molar-refractivity contribution is 0.0808. The van der Waals surface area contributed by atoms with Gasteiger partial charge in [0.15, 0.2) is 0 Å². The summed E-state index contributed by atoms with van der Waals surface area (Å²) in [6.45, 7) is 14.2. The van der Waals surface area contributed by atoms with E-state index in [9.17, 15) is 5.11 Å². The van der Waals surface area contributed by atoms with E-state index in [0.29, 0.717) is 5.41 Å². The molecule has 0 spiro atoms. The summed E-state index contributed by atoms with van der Waals surface area (Å²) in [6.07, 6.45) is 3.05. The Balaban J connectivity index is 4.00. The Kier molecular flexibility index (Phi) is 8.30. The van der Waals surface area contributed by atoms with Gasteiger partial charge in [0.2, 0.25) is 0 Å². The van der Waals surface area contributed by atoms with Crippen LogP contribution in [0.1, 0.15) is 53.9 Å². The van der Waals surface area contributed by atoms with Crippen LogP contribution in [-0.4, -0.2) is 61.8 Å². The molecule has 0 amide bonds. The summed E-state index contributed by atoms with van der Waals surface area (Å²) >= 11 is 0. The van der Waals surface area contributed by atoms with Crippen LogP contribution in [0.5, 0.6) is 0 Å². The van der Waals surface area contributed by atoms with Crippen LogP contribution in [0.4, 0.5) is 0 Å². The number of aliphatic hydroxyl groups is 1. The minimum absolute atomic E-state index is 0.200. The number of likely N-dealkylation sites (N-methyl/N-ethyl adjacent to an activating group) is 1. The third kappa shape index (κ3) is 11.7. The first kappa shape index (κ1) is 19.9. The molecule has 0 bridgehead atoms. The second-order valence-electron chi connectivity index (χ2n) is 8.65. The molecule has 0 fully saturated rings. The van der Waals surface area contributed by atoms with Crippen molar-refractivity contribution in [3.63, 3.8) is 0 Å². The summed E-state index contributed by atoms with van der Waals surface area (Å²) in [5.74, 6) is 0. The van der Waals surface area contributed by atoms with Gasteiger partial charge in [-0.05, 0) is 64.3 Å². The first-order valence-corrected chi connectivity index (χ1v) is 7.93. The SMILES string of the molecule is CN(C)CCC(C)(C)CCN(C)CC(O)CC(C)(C)C. The van der Waals surface area contributed by atoms with Crippen LogP contribution in [0.25, 0.3) is 0 Å². The average Bonchev–Trinajstić information content (AvgIpc) is 2.21. The normalized spacial score (nSPS) is 15.2. The highest BCUT2D eigenvalue weighted by Gasteiger charge is 2.21. The Morgan fingerprint density at radius 2 is 1.40 bits per heavy atom. The van der Waals surface area contributed by atoms with Crippen molar-refractivity contribution in [3.8, 4) is 0 Å². The lowest BCUT2D eigenvalue weighted by Gasteiger charge is -2.30. The summed E-state index contributed by atoms with van der Waals surface area (Å²) in [4.78, 5) is 4.52. The molecule has 0 saturated heterocycles. The van der Waals surface area contributed by atoms with Crippen molar-refractivity contribution in [2.24, 2.45) is 10.8 Å². The van der Waals surface area contributed by atoms with Gasteiger partial charge in [-0.3, -0.25) is 0 Å². The maximum absolute atomic E-state index is 10.1. The van der Waals surface area contributed by atoms with Gasteiger partial charge in [-0.15, -0.1) is 0 Å². The van der Waals surface area contributed by atoms with Crippen molar-refractivity contribution >= 4 is 0 Å². The molecule has 0 aromatic heterocycles. The predicted molar refractivity (Wildman–Crippen MR) is 89.1 cm³/mol. The van der Waals surface area contributed by atoms with Crippen LogP contribution >= 0.6 is 0 Å². The van der Waals surface area contributed by atoms with E-state index in [1.165, 1.54) is 12.8 Å². The van der Waals surface area contributed by atoms with Gasteiger partial charge in [-0.1, -0.05) is 34.6 Å². The fourth-order valence-corrected chi connectivity index (χ4v) is 2.37. The smallest absolute Gasteiger partial charge is 0.0672 e. The number of rotatable bonds is 9. The van der Waals surface area contributed by atoms with Gasteiger partial charge in [0.25, 0.3) is 0 Å². The Labute approximate surface area is 127 Å². The quantitative estimate of drug-likeness (QED) is 0.705. The van der Waals surface area contributed by atoms with Crippen LogP contribution in [0, 0.1) is 10.8 Å². The zero-order valence-corrected chi connectivity index (χ0v) is 15.2. The standard InChI is InChI=1S/C17H38N2O/c1-16(2,3)13-15(20)14-19(8)12-10-17(4,5)9-11-18(6)7/h15,20H,9-14H2,1-8H3. The van der Waals surface area contributed by atoms with Crippen LogP contribution in [0.3, 0.4) is 0 Å². The van der Waals surface area contributed by atoms with Crippen molar-refractivity contribution in [3.05, 3.63) is 0 Å². The number of aliphatic hydroxyl groups excluding tert-OH is 1. The third-order valence-corrected chi connectivity index (χ3v) is 3.78. The lowest BCUT2D eigenvalue weighted by Crippen LogP contribution is -2.34. The molecule has 0 aliphatic carbocycles. The van der Waals surface area contributed by atoms with Crippen molar-refractivity contribution in [1.29, 1.82) is 0 Å². The summed E-state index contributed by atoms with van der Waals surface area (Å²) in [5, 5.41) is 10.1. The van der Waals surface area contributed by atoms with Gasteiger partial charge in [0.1, 0.15) is 0 Å². The molecule has 1 N–H and O–H groups in total. The van der Waals surface area contributed by atoms with Crippen molar-refractivity contribution in [2.45, 2.75) is 60.0 Å². The number of hydrogen-bond donors (Lipinski definition) is 1. The first-order chi connectivity index (χ1) is 8.91. The molecule has 20 heavy (non-hydrogen) atoms. The zero-order valence-electron chi connectivity index (χ0n) is 15.2. The summed E-state index contributed by atoms with van der Waals surface area (Å²) in [7, 11) is 6.38. The van der Waals surface area contributed by atoms with Gasteiger partial charge in [-0.2, -0.15) is 0 Å². The van der Waals surface area contributed by atoms with Gasteiger partial charge in [0, 0.05) is 6.54 Å². The molecule has 3 heteroatoms. The topological polar surface area (TPSA) is 26.7 Å². The highest BCUT2D eigenvalue weighted by atomic mass is 16.3. The van der Waals surface area contributed by atoms with Crippen LogP contribution in [0.2, 0.25) is 0 Å². The fourth-order valence-electron chi connectivity index (χ4n) is 2.37. The van der Waals surface area contributed by atoms with Crippen LogP contribution < -0.4 is 0 Å². The van der Waals surface area contributed by atoms with Crippen molar-refractivity contribution < 1.29 is 5.11 Å². The maximum Gasteiger partial charge on any atom is 0.0672 e. The maximum atomic E-state index is 10.1. The summed E-state index contributed by atoms with van der Waals surface area (Å²) in [5.41, 5.74) is 0.568. The molecule has 0 aromatic rings. The second kappa shape index (κ2) is 8.35. The zero-order chi connectivity index (χ0) is 16.0. The average molecular weight is 287 g/mol. The Bertz CT molecular complexity index is 256. The molecule has 0 rings (SSSR count). The minimum atomic E-state index is -0.218. The Morgan fingerprint density at radius 3 is 1.85 bits per heavy atom. The largest absolute Gasteiger partial charge is 0.392 e. The monoisotopic (exact) mass is 286 g/mol. The van der Waals surface area contributed by atoms with E-state index in [4.69, 9.17) is 0 Å². The Morgan fingerprint density at radius 1 is 0.900 bits per heavy atom. The van der Waals surface area contributed by atoms with Gasteiger partial charge in [-0.25, -0.2) is 0 Å². The molecule has 1 atom stereocenters.